The summed E-state index contributed by atoms with van der Waals surface area (Å²) in [5.41, 5.74) is -4.99. The van der Waals surface area contributed by atoms with Gasteiger partial charge in [0.25, 0.3) is 0 Å². The van der Waals surface area contributed by atoms with Crippen molar-refractivity contribution in [2.75, 3.05) is 6.61 Å². The summed E-state index contributed by atoms with van der Waals surface area (Å²) in [6, 6.07) is 17.5. The Bertz CT molecular complexity index is 1320. The number of carbonyl (C=O) groups excluding carboxylic acids is 3. The van der Waals surface area contributed by atoms with Crippen molar-refractivity contribution >= 4 is 29.5 Å². The Morgan fingerprint density at radius 1 is 0.644 bits per heavy atom. The summed E-state index contributed by atoms with van der Waals surface area (Å²) >= 11 is 0. The van der Waals surface area contributed by atoms with Gasteiger partial charge in [0.1, 0.15) is 0 Å². The third kappa shape index (κ3) is 12.1. The van der Waals surface area contributed by atoms with Crippen LogP contribution in [0.1, 0.15) is 82.3 Å². The summed E-state index contributed by atoms with van der Waals surface area (Å²) in [4.78, 5) is 40.1. The molecule has 2 unspecified atom stereocenters. The summed E-state index contributed by atoms with van der Waals surface area (Å²) in [6.45, 7) is 0.796. The maximum Gasteiger partial charge on any atom is 0.224 e. The fourth-order valence-corrected chi connectivity index (χ4v) is 4.76. The molecule has 0 aliphatic carbocycles. The first-order valence-electron chi connectivity index (χ1n) is 15.9. The average molecular weight is 613 g/mol. The number of Topliss-reactive ketones (excluding diaryl/α,β-unsaturated/α-hetero) is 1. The van der Waals surface area contributed by atoms with E-state index >= 15 is 0 Å². The van der Waals surface area contributed by atoms with E-state index in [1.165, 1.54) is 12.2 Å². The molecule has 6 heteroatoms. The number of carbonyl (C=O) groups is 3. The molecular formula is C39H48O6. The minimum Gasteiger partial charge on any atom is -0.393 e. The highest BCUT2D eigenvalue weighted by atomic mass is 16.4. The lowest BCUT2D eigenvalue weighted by atomic mass is 9.72. The highest BCUT2D eigenvalue weighted by molar-refractivity contribution is 6.22. The predicted molar refractivity (Wildman–Crippen MR) is 182 cm³/mol. The van der Waals surface area contributed by atoms with E-state index in [4.69, 9.17) is 0 Å². The quantitative estimate of drug-likeness (QED) is 0.0563. The Morgan fingerprint density at radius 2 is 1.13 bits per heavy atom. The van der Waals surface area contributed by atoms with Crippen molar-refractivity contribution in [2.24, 2.45) is 0 Å². The van der Waals surface area contributed by atoms with Crippen LogP contribution in [0.3, 0.4) is 0 Å². The third-order valence-electron chi connectivity index (χ3n) is 7.50. The first-order chi connectivity index (χ1) is 21.8. The van der Waals surface area contributed by atoms with Crippen LogP contribution in [0.15, 0.2) is 109 Å². The monoisotopic (exact) mass is 612 g/mol. The number of allylic oxidation sites excluding steroid dienone is 6. The van der Waals surface area contributed by atoms with Crippen molar-refractivity contribution in [3.63, 3.8) is 0 Å². The lowest BCUT2D eigenvalue weighted by Gasteiger charge is -2.37. The number of rotatable bonds is 22. The minimum absolute atomic E-state index is 0.237. The number of hydrogen-bond donors (Lipinski definition) is 3. The molecule has 6 nitrogen and oxygen atoms in total. The second kappa shape index (κ2) is 20.9. The molecule has 2 aromatic rings. The van der Waals surface area contributed by atoms with Gasteiger partial charge in [0.2, 0.25) is 5.60 Å². The first kappa shape index (κ1) is 37.2. The lowest BCUT2D eigenvalue weighted by molar-refractivity contribution is -0.189. The zero-order valence-electron chi connectivity index (χ0n) is 26.4. The number of aliphatic hydroxyl groups is 3. The SMILES string of the molecule is CC/C=C\C/C=C\C/C=C\CCCCCCCC(=O)C(O)(C(=O)/C=C/c1ccccc1)C(O)(CO)C(=O)/C=C/c1ccccc1. The molecule has 0 saturated heterocycles. The molecule has 2 rings (SSSR count). The third-order valence-corrected chi connectivity index (χ3v) is 7.50. The smallest absolute Gasteiger partial charge is 0.224 e. The van der Waals surface area contributed by atoms with Gasteiger partial charge in [-0.2, -0.15) is 0 Å². The first-order valence-corrected chi connectivity index (χ1v) is 15.9. The molecule has 3 N–H and O–H groups in total. The Balaban J connectivity index is 2.02. The highest BCUT2D eigenvalue weighted by Gasteiger charge is 2.61. The topological polar surface area (TPSA) is 112 Å². The normalized spacial score (nSPS) is 14.9. The molecule has 0 aliphatic heterocycles. The zero-order valence-corrected chi connectivity index (χ0v) is 26.4. The second-order valence-electron chi connectivity index (χ2n) is 11.0. The van der Waals surface area contributed by atoms with Crippen molar-refractivity contribution < 1.29 is 29.7 Å². The molecule has 240 valence electrons. The molecule has 2 aromatic carbocycles. The van der Waals surface area contributed by atoms with Gasteiger partial charge in [-0.05, 0) is 61.8 Å². The summed E-state index contributed by atoms with van der Waals surface area (Å²) in [5.74, 6) is -3.33. The Labute approximate surface area is 268 Å². The van der Waals surface area contributed by atoms with Gasteiger partial charge in [0.05, 0.1) is 6.61 Å². The van der Waals surface area contributed by atoms with Gasteiger partial charge in [-0.1, -0.05) is 135 Å². The van der Waals surface area contributed by atoms with Gasteiger partial charge in [-0.3, -0.25) is 14.4 Å². The molecule has 0 heterocycles. The summed E-state index contributed by atoms with van der Waals surface area (Å²) in [5, 5.41) is 33.1. The summed E-state index contributed by atoms with van der Waals surface area (Å²) in [7, 11) is 0. The van der Waals surface area contributed by atoms with Crippen LogP contribution in [0.5, 0.6) is 0 Å². The maximum absolute atomic E-state index is 13.5. The van der Waals surface area contributed by atoms with Gasteiger partial charge in [-0.25, -0.2) is 0 Å². The molecule has 0 aliphatic rings. The number of hydrogen-bond acceptors (Lipinski definition) is 6. The average Bonchev–Trinajstić information content (AvgIpc) is 3.07. The molecule has 0 spiro atoms. The van der Waals surface area contributed by atoms with Crippen molar-refractivity contribution in [1.82, 2.24) is 0 Å². The van der Waals surface area contributed by atoms with E-state index in [0.29, 0.717) is 24.0 Å². The van der Waals surface area contributed by atoms with Gasteiger partial charge in [0, 0.05) is 6.42 Å². The van der Waals surface area contributed by atoms with Gasteiger partial charge in [-0.15, -0.1) is 0 Å². The predicted octanol–water partition coefficient (Wildman–Crippen LogP) is 7.16. The van der Waals surface area contributed by atoms with Crippen LogP contribution in [-0.4, -0.2) is 50.5 Å². The van der Waals surface area contributed by atoms with Crippen molar-refractivity contribution in [3.8, 4) is 0 Å². The number of benzene rings is 2. The summed E-state index contributed by atoms with van der Waals surface area (Å²) in [6.07, 6.45) is 25.2. The molecule has 0 bridgehead atoms. The number of aliphatic hydroxyl groups excluding tert-OH is 1. The fraction of sp³-hybridized carbons (Fsp3) is 0.359. The number of ketones is 3. The molecule has 0 fully saturated rings. The molecule has 0 amide bonds. The van der Waals surface area contributed by atoms with Crippen molar-refractivity contribution in [3.05, 3.63) is 120 Å². The fourth-order valence-electron chi connectivity index (χ4n) is 4.76. The lowest BCUT2D eigenvalue weighted by Crippen LogP contribution is -2.69. The van der Waals surface area contributed by atoms with Crippen LogP contribution in [0.4, 0.5) is 0 Å². The Morgan fingerprint density at radius 3 is 1.69 bits per heavy atom. The molecule has 2 atom stereocenters. The van der Waals surface area contributed by atoms with Crippen LogP contribution < -0.4 is 0 Å². The van der Waals surface area contributed by atoms with Gasteiger partial charge < -0.3 is 15.3 Å². The second-order valence-corrected chi connectivity index (χ2v) is 11.0. The summed E-state index contributed by atoms with van der Waals surface area (Å²) < 4.78 is 0. The number of unbranched alkanes of at least 4 members (excludes halogenated alkanes) is 5. The molecule has 0 saturated carbocycles. The van der Waals surface area contributed by atoms with Gasteiger partial charge >= 0.3 is 0 Å². The van der Waals surface area contributed by atoms with E-state index in [0.717, 1.165) is 57.1 Å². The largest absolute Gasteiger partial charge is 0.393 e. The minimum atomic E-state index is -3.17. The van der Waals surface area contributed by atoms with Crippen LogP contribution in [0.25, 0.3) is 12.2 Å². The Kier molecular flexibility index (Phi) is 17.3. The highest BCUT2D eigenvalue weighted by Crippen LogP contribution is 2.30. The van der Waals surface area contributed by atoms with Crippen molar-refractivity contribution in [2.45, 2.75) is 82.3 Å². The van der Waals surface area contributed by atoms with Crippen LogP contribution in [0.2, 0.25) is 0 Å². The van der Waals surface area contributed by atoms with E-state index in [1.807, 2.05) is 0 Å². The van der Waals surface area contributed by atoms with Crippen LogP contribution >= 0.6 is 0 Å². The molecular weight excluding hydrogens is 564 g/mol. The Hall–Kier alpha value is -3.97. The maximum atomic E-state index is 13.5. The van der Waals surface area contributed by atoms with Crippen LogP contribution in [0, 0.1) is 0 Å². The van der Waals surface area contributed by atoms with E-state index in [1.54, 1.807) is 60.7 Å². The molecule has 45 heavy (non-hydrogen) atoms. The van der Waals surface area contributed by atoms with Gasteiger partial charge in [0.15, 0.2) is 23.0 Å². The zero-order chi connectivity index (χ0) is 32.8. The van der Waals surface area contributed by atoms with E-state index in [9.17, 15) is 29.7 Å². The molecule has 0 aromatic heterocycles. The standard InChI is InChI=1S/C39H48O6/c1-2-3-4-5-6-7-8-9-10-11-12-13-14-15-22-27-36(42)39(45,37(43)31-29-34-25-20-17-21-26-34)38(44,32-40)35(41)30-28-33-23-18-16-19-24-33/h3-4,6-7,9-10,16-21,23-26,28-31,40,44-45H,2,5,8,11-15,22,27,32H2,1H3/b4-3-,7-6-,10-9-,30-28+,31-29+. The van der Waals surface area contributed by atoms with E-state index in [2.05, 4.69) is 43.4 Å². The van der Waals surface area contributed by atoms with Crippen LogP contribution in [-0.2, 0) is 14.4 Å². The van der Waals surface area contributed by atoms with E-state index < -0.39 is 35.2 Å². The van der Waals surface area contributed by atoms with Crippen molar-refractivity contribution in [1.29, 1.82) is 0 Å². The van der Waals surface area contributed by atoms with E-state index in [-0.39, 0.29) is 6.42 Å². The molecule has 0 radical (unpaired) electrons.